The fraction of sp³-hybridized carbons (Fsp3) is 0.263. The number of ether oxygens (including phenoxy) is 1. The predicted octanol–water partition coefficient (Wildman–Crippen LogP) is 1.27. The molecule has 0 unspecified atom stereocenters. The Kier molecular flexibility index (Phi) is 7.71. The number of amides is 2. The largest absolute Gasteiger partial charge is 0.484 e. The molecule has 2 rings (SSSR count). The molecule has 2 amide bonds. The minimum atomic E-state index is -3.90. The molecule has 0 aliphatic carbocycles. The van der Waals surface area contributed by atoms with Crippen molar-refractivity contribution in [3.63, 3.8) is 0 Å². The van der Waals surface area contributed by atoms with Gasteiger partial charge in [-0.15, -0.1) is 0 Å². The number of aryl methyl sites for hydroxylation is 1. The molecule has 2 N–H and O–H groups in total. The number of benzene rings is 2. The number of carbonyl (C=O) groups is 2. The lowest BCUT2D eigenvalue weighted by molar-refractivity contribution is -0.123. The number of carbonyl (C=O) groups excluding carboxylic acids is 2. The minimum absolute atomic E-state index is 0.0481. The molecule has 0 aliphatic rings. The summed E-state index contributed by atoms with van der Waals surface area (Å²) in [7, 11) is -1.45. The molecule has 0 aromatic heterocycles. The summed E-state index contributed by atoms with van der Waals surface area (Å²) in [6, 6.07) is 12.7. The van der Waals surface area contributed by atoms with Gasteiger partial charge in [-0.05, 0) is 42.3 Å². The zero-order chi connectivity index (χ0) is 21.4. The maximum atomic E-state index is 12.2. The molecule has 0 aliphatic heterocycles. The van der Waals surface area contributed by atoms with Gasteiger partial charge in [-0.2, -0.15) is 0 Å². The van der Waals surface area contributed by atoms with Crippen molar-refractivity contribution >= 4 is 21.8 Å². The Morgan fingerprint density at radius 3 is 2.38 bits per heavy atom. The number of rotatable bonds is 8. The number of nitrogens with zero attached hydrogens (tertiary/aromatic N) is 1. The van der Waals surface area contributed by atoms with E-state index in [2.05, 4.69) is 10.9 Å². The molecule has 0 radical (unpaired) electrons. The molecule has 0 fully saturated rings. The Hall–Kier alpha value is -2.95. The first kappa shape index (κ1) is 22.3. The molecule has 29 heavy (non-hydrogen) atoms. The van der Waals surface area contributed by atoms with Crippen LogP contribution in [0.2, 0.25) is 0 Å². The maximum absolute atomic E-state index is 12.2. The van der Waals surface area contributed by atoms with Gasteiger partial charge >= 0.3 is 0 Å². The molecule has 0 atom stereocenters. The number of hydrogen-bond donors (Lipinski definition) is 2. The van der Waals surface area contributed by atoms with E-state index in [4.69, 9.17) is 9.57 Å². The third-order valence-corrected chi connectivity index (χ3v) is 5.68. The summed E-state index contributed by atoms with van der Waals surface area (Å²) in [4.78, 5) is 28.6. The van der Waals surface area contributed by atoms with E-state index in [1.165, 1.54) is 38.4 Å². The Bertz CT molecular complexity index is 960. The van der Waals surface area contributed by atoms with Crippen LogP contribution in [0, 0.1) is 0 Å². The molecule has 156 valence electrons. The van der Waals surface area contributed by atoms with Crippen LogP contribution in [0.25, 0.3) is 0 Å². The number of hydrogen-bond acceptors (Lipinski definition) is 6. The Labute approximate surface area is 169 Å². The second kappa shape index (κ2) is 10.0. The van der Waals surface area contributed by atoms with Crippen molar-refractivity contribution in [2.24, 2.45) is 0 Å². The highest BCUT2D eigenvalue weighted by Crippen LogP contribution is 2.16. The van der Waals surface area contributed by atoms with Gasteiger partial charge in [0.1, 0.15) is 5.75 Å². The molecule has 2 aromatic rings. The van der Waals surface area contributed by atoms with E-state index in [1.807, 2.05) is 19.1 Å². The van der Waals surface area contributed by atoms with Crippen molar-refractivity contribution in [2.45, 2.75) is 18.2 Å². The van der Waals surface area contributed by atoms with Crippen LogP contribution in [0.15, 0.2) is 53.4 Å². The van der Waals surface area contributed by atoms with Crippen molar-refractivity contribution in [1.29, 1.82) is 0 Å². The standard InChI is InChI=1S/C19H23N3O6S/c1-4-14-8-10-16(11-9-14)28-13-18(23)20-21-19(24)15-6-5-7-17(12-15)29(25,26)22(2)27-3/h5-12H,4,13H2,1-3H3,(H,20,23)(H,21,24). The summed E-state index contributed by atoms with van der Waals surface area (Å²) < 4.78 is 30.5. The normalized spacial score (nSPS) is 11.2. The van der Waals surface area contributed by atoms with Crippen LogP contribution < -0.4 is 15.6 Å². The molecule has 0 bridgehead atoms. The SMILES string of the molecule is CCc1ccc(OCC(=O)NNC(=O)c2cccc(S(=O)(=O)N(C)OC)c2)cc1. The van der Waals surface area contributed by atoms with Crippen LogP contribution in [0.5, 0.6) is 5.75 Å². The van der Waals surface area contributed by atoms with Gasteiger partial charge in [0.2, 0.25) is 0 Å². The van der Waals surface area contributed by atoms with Crippen LogP contribution in [0.3, 0.4) is 0 Å². The van der Waals surface area contributed by atoms with Crippen LogP contribution in [-0.2, 0) is 26.1 Å². The molecule has 0 saturated heterocycles. The summed E-state index contributed by atoms with van der Waals surface area (Å²) in [6.45, 7) is 1.74. The molecule has 10 heteroatoms. The van der Waals surface area contributed by atoms with Crippen molar-refractivity contribution in [3.05, 3.63) is 59.7 Å². The summed E-state index contributed by atoms with van der Waals surface area (Å²) in [6.07, 6.45) is 0.900. The van der Waals surface area contributed by atoms with E-state index >= 15 is 0 Å². The zero-order valence-electron chi connectivity index (χ0n) is 16.3. The number of hydroxylamine groups is 1. The van der Waals surface area contributed by atoms with Gasteiger partial charge in [0.05, 0.1) is 12.0 Å². The van der Waals surface area contributed by atoms with Gasteiger partial charge in [-0.3, -0.25) is 25.3 Å². The van der Waals surface area contributed by atoms with Gasteiger partial charge in [0, 0.05) is 12.6 Å². The van der Waals surface area contributed by atoms with E-state index in [1.54, 1.807) is 12.1 Å². The Morgan fingerprint density at radius 2 is 1.76 bits per heavy atom. The van der Waals surface area contributed by atoms with E-state index in [0.29, 0.717) is 10.2 Å². The second-order valence-electron chi connectivity index (χ2n) is 5.91. The number of nitrogens with one attached hydrogen (secondary N) is 2. The maximum Gasteiger partial charge on any atom is 0.276 e. The zero-order valence-corrected chi connectivity index (χ0v) is 17.2. The summed E-state index contributed by atoms with van der Waals surface area (Å²) in [5.74, 6) is -0.715. The van der Waals surface area contributed by atoms with Crippen molar-refractivity contribution in [2.75, 3.05) is 20.8 Å². The van der Waals surface area contributed by atoms with E-state index in [9.17, 15) is 18.0 Å². The van der Waals surface area contributed by atoms with Gasteiger partial charge in [-0.25, -0.2) is 8.42 Å². The van der Waals surface area contributed by atoms with Gasteiger partial charge in [0.15, 0.2) is 6.61 Å². The lowest BCUT2D eigenvalue weighted by Gasteiger charge is -2.14. The monoisotopic (exact) mass is 421 g/mol. The fourth-order valence-corrected chi connectivity index (χ4v) is 3.27. The average Bonchev–Trinajstić information content (AvgIpc) is 2.75. The predicted molar refractivity (Wildman–Crippen MR) is 105 cm³/mol. The summed E-state index contributed by atoms with van der Waals surface area (Å²) in [5.41, 5.74) is 5.63. The van der Waals surface area contributed by atoms with Crippen molar-refractivity contribution < 1.29 is 27.6 Å². The number of sulfonamides is 1. The molecule has 0 saturated carbocycles. The first-order chi connectivity index (χ1) is 13.8. The molecule has 0 spiro atoms. The first-order valence-electron chi connectivity index (χ1n) is 8.72. The van der Waals surface area contributed by atoms with Gasteiger partial charge < -0.3 is 4.74 Å². The summed E-state index contributed by atoms with van der Waals surface area (Å²) in [5, 5.41) is 0. The van der Waals surface area contributed by atoms with Crippen molar-refractivity contribution in [3.8, 4) is 5.75 Å². The summed E-state index contributed by atoms with van der Waals surface area (Å²) >= 11 is 0. The quantitative estimate of drug-likeness (QED) is 0.621. The third-order valence-electron chi connectivity index (χ3n) is 4.01. The minimum Gasteiger partial charge on any atom is -0.484 e. The average molecular weight is 421 g/mol. The molecular formula is C19H23N3O6S. The van der Waals surface area contributed by atoms with Gasteiger partial charge in [0.25, 0.3) is 21.8 Å². The highest BCUT2D eigenvalue weighted by Gasteiger charge is 2.22. The molecule has 2 aromatic carbocycles. The highest BCUT2D eigenvalue weighted by atomic mass is 32.2. The molecule has 9 nitrogen and oxygen atoms in total. The van der Waals surface area contributed by atoms with E-state index in [-0.39, 0.29) is 17.1 Å². The first-order valence-corrected chi connectivity index (χ1v) is 10.2. The van der Waals surface area contributed by atoms with Crippen LogP contribution in [0.1, 0.15) is 22.8 Å². The topological polar surface area (TPSA) is 114 Å². The third kappa shape index (κ3) is 6.01. The van der Waals surface area contributed by atoms with Gasteiger partial charge in [-0.1, -0.05) is 29.6 Å². The number of hydrazine groups is 1. The van der Waals surface area contributed by atoms with Crippen molar-refractivity contribution in [1.82, 2.24) is 15.3 Å². The second-order valence-corrected chi connectivity index (χ2v) is 7.85. The molecule has 0 heterocycles. The molecular weight excluding hydrogens is 398 g/mol. The van der Waals surface area contributed by atoms with Crippen LogP contribution in [-0.4, -0.2) is 45.5 Å². The lowest BCUT2D eigenvalue weighted by Crippen LogP contribution is -2.43. The van der Waals surface area contributed by atoms with Crippen LogP contribution >= 0.6 is 0 Å². The Balaban J connectivity index is 1.91. The lowest BCUT2D eigenvalue weighted by atomic mass is 10.2. The Morgan fingerprint density at radius 1 is 1.07 bits per heavy atom. The van der Waals surface area contributed by atoms with Crippen LogP contribution in [0.4, 0.5) is 0 Å². The highest BCUT2D eigenvalue weighted by molar-refractivity contribution is 7.89. The smallest absolute Gasteiger partial charge is 0.276 e. The van der Waals surface area contributed by atoms with E-state index < -0.39 is 21.8 Å². The van der Waals surface area contributed by atoms with E-state index in [0.717, 1.165) is 12.0 Å². The fourth-order valence-electron chi connectivity index (χ4n) is 2.25.